The Morgan fingerprint density at radius 3 is 2.78 bits per heavy atom. The van der Waals surface area contributed by atoms with E-state index in [4.69, 9.17) is 5.21 Å². The summed E-state index contributed by atoms with van der Waals surface area (Å²) in [5.41, 5.74) is 1.07. The lowest BCUT2D eigenvalue weighted by Gasteiger charge is -2.04. The van der Waals surface area contributed by atoms with Gasteiger partial charge in [0.1, 0.15) is 11.3 Å². The predicted octanol–water partition coefficient (Wildman–Crippen LogP) is 2.11. The van der Waals surface area contributed by atoms with Crippen LogP contribution in [0, 0.1) is 5.82 Å². The minimum atomic E-state index is -0.400. The van der Waals surface area contributed by atoms with Crippen LogP contribution in [-0.4, -0.2) is 28.0 Å². The fourth-order valence-corrected chi connectivity index (χ4v) is 1.93. The summed E-state index contributed by atoms with van der Waals surface area (Å²) in [6.45, 7) is 3.96. The number of rotatable bonds is 1. The van der Waals surface area contributed by atoms with E-state index in [1.54, 1.807) is 13.1 Å². The van der Waals surface area contributed by atoms with Gasteiger partial charge >= 0.3 is 0 Å². The molecule has 0 saturated heterocycles. The molecule has 0 bridgehead atoms. The highest BCUT2D eigenvalue weighted by atomic mass is 19.1. The summed E-state index contributed by atoms with van der Waals surface area (Å²) in [5, 5.41) is 19.7. The summed E-state index contributed by atoms with van der Waals surface area (Å²) < 4.78 is 15.2. The summed E-state index contributed by atoms with van der Waals surface area (Å²) in [5.74, 6) is -0.173. The molecule has 0 spiro atoms. The number of nitrogens with one attached hydrogen (secondary N) is 1. The molecule has 2 aromatic rings. The van der Waals surface area contributed by atoms with Crippen LogP contribution < -0.4 is 5.32 Å². The van der Waals surface area contributed by atoms with Crippen LogP contribution in [0.15, 0.2) is 23.4 Å². The number of halogens is 1. The second-order valence-corrected chi connectivity index (χ2v) is 4.26. The number of para-hydroxylation sites is 1. The number of benzene rings is 1. The smallest absolute Gasteiger partial charge is 0.261 e. The summed E-state index contributed by atoms with van der Waals surface area (Å²) in [6.07, 6.45) is 0. The van der Waals surface area contributed by atoms with Crippen molar-refractivity contribution in [2.45, 2.75) is 19.8 Å². The third kappa shape index (κ3) is 1.79. The van der Waals surface area contributed by atoms with Crippen LogP contribution in [0.4, 0.5) is 4.39 Å². The largest absolute Gasteiger partial charge is 0.408 e. The summed E-state index contributed by atoms with van der Waals surface area (Å²) >= 11 is 0. The zero-order valence-electron chi connectivity index (χ0n) is 10.5. The van der Waals surface area contributed by atoms with Crippen molar-refractivity contribution in [2.75, 3.05) is 7.05 Å². The van der Waals surface area contributed by atoms with E-state index < -0.39 is 5.82 Å². The topological polar surface area (TPSA) is 62.4 Å². The summed E-state index contributed by atoms with van der Waals surface area (Å²) in [4.78, 5) is 0. The molecule has 0 saturated carbocycles. The molecule has 0 fully saturated rings. The maximum atomic E-state index is 13.9. The van der Waals surface area contributed by atoms with Crippen LogP contribution in [0.1, 0.15) is 25.5 Å². The first-order valence-electron chi connectivity index (χ1n) is 5.67. The highest BCUT2D eigenvalue weighted by Gasteiger charge is 2.18. The van der Waals surface area contributed by atoms with Gasteiger partial charge in [-0.25, -0.2) is 4.39 Å². The molecule has 0 unspecified atom stereocenters. The third-order valence-corrected chi connectivity index (χ3v) is 2.75. The van der Waals surface area contributed by atoms with Crippen LogP contribution in [0.2, 0.25) is 0 Å². The number of oxime groups is 1. The van der Waals surface area contributed by atoms with Crippen molar-refractivity contribution in [3.8, 4) is 0 Å². The van der Waals surface area contributed by atoms with E-state index in [0.717, 1.165) is 11.1 Å². The first kappa shape index (κ1) is 12.3. The number of hydrogen-bond acceptors (Lipinski definition) is 3. The summed E-state index contributed by atoms with van der Waals surface area (Å²) in [6, 6.07) is 4.81. The monoisotopic (exact) mass is 250 g/mol. The van der Waals surface area contributed by atoms with Crippen LogP contribution in [0.25, 0.3) is 10.9 Å². The van der Waals surface area contributed by atoms with Crippen molar-refractivity contribution in [2.24, 2.45) is 5.16 Å². The van der Waals surface area contributed by atoms with Gasteiger partial charge in [-0.05, 0) is 17.1 Å². The Morgan fingerprint density at radius 1 is 1.50 bits per heavy atom. The van der Waals surface area contributed by atoms with Gasteiger partial charge in [-0.15, -0.1) is 0 Å². The lowest BCUT2D eigenvalue weighted by atomic mass is 10.1. The Kier molecular flexibility index (Phi) is 3.18. The lowest BCUT2D eigenvalue weighted by Crippen LogP contribution is -2.28. The van der Waals surface area contributed by atoms with Crippen LogP contribution >= 0.6 is 0 Å². The van der Waals surface area contributed by atoms with Gasteiger partial charge < -0.3 is 10.5 Å². The Labute approximate surface area is 104 Å². The van der Waals surface area contributed by atoms with Gasteiger partial charge in [0.25, 0.3) is 5.96 Å². The number of aromatic nitrogens is 2. The molecule has 0 aliphatic rings. The molecule has 2 N–H and O–H groups in total. The first-order valence-corrected chi connectivity index (χ1v) is 5.67. The average molecular weight is 250 g/mol. The number of nitrogens with zero attached hydrogens (tertiary/aromatic N) is 3. The molecule has 0 amide bonds. The highest BCUT2D eigenvalue weighted by Crippen LogP contribution is 2.26. The lowest BCUT2D eigenvalue weighted by molar-refractivity contribution is 0.314. The Balaban J connectivity index is 2.82. The molecule has 1 aromatic heterocycles. The molecule has 0 radical (unpaired) electrons. The average Bonchev–Trinajstić information content (AvgIpc) is 2.72. The summed E-state index contributed by atoms with van der Waals surface area (Å²) in [7, 11) is 1.58. The van der Waals surface area contributed by atoms with Gasteiger partial charge in [0.05, 0.1) is 5.69 Å². The zero-order chi connectivity index (χ0) is 13.3. The van der Waals surface area contributed by atoms with E-state index in [1.165, 1.54) is 10.7 Å². The SMILES string of the molecule is CN/C(=N\O)n1nc(C(C)C)c2cccc(F)c21. The van der Waals surface area contributed by atoms with Gasteiger partial charge in [-0.1, -0.05) is 26.0 Å². The molecule has 0 atom stereocenters. The number of fused-ring (bicyclic) bond motifs is 1. The fourth-order valence-electron chi connectivity index (χ4n) is 1.93. The Morgan fingerprint density at radius 2 is 2.22 bits per heavy atom. The molecule has 1 heterocycles. The molecule has 6 heteroatoms. The van der Waals surface area contributed by atoms with E-state index >= 15 is 0 Å². The fraction of sp³-hybridized carbons (Fsp3) is 0.333. The minimum Gasteiger partial charge on any atom is -0.408 e. The minimum absolute atomic E-state index is 0.0806. The first-order chi connectivity index (χ1) is 8.60. The van der Waals surface area contributed by atoms with E-state index in [0.29, 0.717) is 5.52 Å². The molecular formula is C12H15FN4O. The molecular weight excluding hydrogens is 235 g/mol. The van der Waals surface area contributed by atoms with E-state index in [9.17, 15) is 4.39 Å². The van der Waals surface area contributed by atoms with Crippen LogP contribution in [0.3, 0.4) is 0 Å². The van der Waals surface area contributed by atoms with Crippen molar-refractivity contribution in [3.05, 3.63) is 29.7 Å². The van der Waals surface area contributed by atoms with Gasteiger partial charge in [0, 0.05) is 12.4 Å². The molecule has 96 valence electrons. The van der Waals surface area contributed by atoms with Crippen molar-refractivity contribution in [3.63, 3.8) is 0 Å². The van der Waals surface area contributed by atoms with Crippen molar-refractivity contribution < 1.29 is 9.60 Å². The highest BCUT2D eigenvalue weighted by molar-refractivity contribution is 5.94. The van der Waals surface area contributed by atoms with Crippen molar-refractivity contribution in [1.82, 2.24) is 15.1 Å². The normalized spacial score (nSPS) is 12.4. The molecule has 2 rings (SSSR count). The van der Waals surface area contributed by atoms with Crippen molar-refractivity contribution in [1.29, 1.82) is 0 Å². The van der Waals surface area contributed by atoms with E-state index in [2.05, 4.69) is 15.6 Å². The Bertz CT molecular complexity index is 603. The maximum absolute atomic E-state index is 13.9. The van der Waals surface area contributed by atoms with E-state index in [1.807, 2.05) is 19.9 Å². The standard InChI is InChI=1S/C12H15FN4O/c1-7(2)10-8-5-4-6-9(13)11(8)17(15-10)12(14-3)16-18/h4-7,18H,1-3H3,(H,14,16). The second kappa shape index (κ2) is 4.64. The molecule has 18 heavy (non-hydrogen) atoms. The zero-order valence-corrected chi connectivity index (χ0v) is 10.5. The van der Waals surface area contributed by atoms with Gasteiger partial charge in [0.2, 0.25) is 0 Å². The van der Waals surface area contributed by atoms with Crippen LogP contribution in [0.5, 0.6) is 0 Å². The number of hydrogen-bond donors (Lipinski definition) is 2. The molecule has 0 aliphatic heterocycles. The van der Waals surface area contributed by atoms with Gasteiger partial charge in [-0.2, -0.15) is 9.78 Å². The maximum Gasteiger partial charge on any atom is 0.261 e. The quantitative estimate of drug-likeness (QED) is 0.352. The molecule has 5 nitrogen and oxygen atoms in total. The third-order valence-electron chi connectivity index (χ3n) is 2.75. The second-order valence-electron chi connectivity index (χ2n) is 4.26. The van der Waals surface area contributed by atoms with E-state index in [-0.39, 0.29) is 11.9 Å². The molecule has 1 aromatic carbocycles. The Hall–Kier alpha value is -2.11. The predicted molar refractivity (Wildman–Crippen MR) is 67.5 cm³/mol. The van der Waals surface area contributed by atoms with Crippen molar-refractivity contribution >= 4 is 16.9 Å². The van der Waals surface area contributed by atoms with Gasteiger partial charge in [-0.3, -0.25) is 0 Å². The van der Waals surface area contributed by atoms with Gasteiger partial charge in [0.15, 0.2) is 0 Å². The van der Waals surface area contributed by atoms with Crippen LogP contribution in [-0.2, 0) is 0 Å². The molecule has 0 aliphatic carbocycles.